The average Bonchev–Trinajstić information content (AvgIpc) is 2.87. The molecule has 0 atom stereocenters. The Balaban J connectivity index is 1.57. The molecule has 0 bridgehead atoms. The van der Waals surface area contributed by atoms with Gasteiger partial charge < -0.3 is 4.74 Å². The first-order chi connectivity index (χ1) is 16.8. The van der Waals surface area contributed by atoms with Gasteiger partial charge in [0.2, 0.25) is 0 Å². The second kappa shape index (κ2) is 19.2. The lowest BCUT2D eigenvalue weighted by molar-refractivity contribution is 0.304. The summed E-state index contributed by atoms with van der Waals surface area (Å²) in [5, 5.41) is 0. The summed E-state index contributed by atoms with van der Waals surface area (Å²) in [5.41, 5.74) is 2.29. The van der Waals surface area contributed by atoms with Crippen LogP contribution in [0.25, 0.3) is 11.4 Å². The van der Waals surface area contributed by atoms with E-state index in [1.54, 1.807) is 0 Å². The molecule has 0 amide bonds. The van der Waals surface area contributed by atoms with Gasteiger partial charge in [-0.25, -0.2) is 9.97 Å². The van der Waals surface area contributed by atoms with Crippen LogP contribution in [0.3, 0.4) is 0 Å². The van der Waals surface area contributed by atoms with Gasteiger partial charge in [-0.3, -0.25) is 0 Å². The van der Waals surface area contributed by atoms with E-state index in [2.05, 4.69) is 35.6 Å². The Bertz CT molecular complexity index is 739. The van der Waals surface area contributed by atoms with Gasteiger partial charge in [0, 0.05) is 18.0 Å². The highest BCUT2D eigenvalue weighted by Gasteiger charge is 2.03. The molecule has 188 valence electrons. The number of hydrogen-bond donors (Lipinski definition) is 0. The lowest BCUT2D eigenvalue weighted by Gasteiger charge is -2.07. The van der Waals surface area contributed by atoms with Crippen LogP contribution in [0, 0.1) is 0 Å². The third kappa shape index (κ3) is 12.9. The summed E-state index contributed by atoms with van der Waals surface area (Å²) in [7, 11) is 0. The number of unbranched alkanes of at least 4 members (excludes halogenated alkanes) is 14. The predicted octanol–water partition coefficient (Wildman–Crippen LogP) is 9.51. The fraction of sp³-hybridized carbons (Fsp3) is 0.613. The molecule has 0 fully saturated rings. The van der Waals surface area contributed by atoms with E-state index < -0.39 is 0 Å². The summed E-state index contributed by atoms with van der Waals surface area (Å²) in [5.74, 6) is 1.72. The van der Waals surface area contributed by atoms with Crippen molar-refractivity contribution < 1.29 is 4.74 Å². The van der Waals surface area contributed by atoms with E-state index in [9.17, 15) is 0 Å². The summed E-state index contributed by atoms with van der Waals surface area (Å²) in [4.78, 5) is 9.20. The summed E-state index contributed by atoms with van der Waals surface area (Å²) in [6, 6.07) is 8.19. The molecule has 0 N–H and O–H groups in total. The maximum atomic E-state index is 5.92. The Labute approximate surface area is 209 Å². The predicted molar refractivity (Wildman–Crippen MR) is 146 cm³/mol. The molecule has 2 aromatic rings. The molecule has 0 aliphatic rings. The summed E-state index contributed by atoms with van der Waals surface area (Å²) in [6.45, 7) is 6.84. The number of nitrogens with zero attached hydrogens (tertiary/aromatic N) is 2. The van der Waals surface area contributed by atoms with Crippen molar-refractivity contribution >= 4 is 0 Å². The van der Waals surface area contributed by atoms with Crippen LogP contribution in [0.2, 0.25) is 0 Å². The third-order valence-corrected chi connectivity index (χ3v) is 6.46. The molecule has 1 heterocycles. The van der Waals surface area contributed by atoms with Crippen LogP contribution in [0.1, 0.15) is 115 Å². The van der Waals surface area contributed by atoms with E-state index in [0.717, 1.165) is 43.0 Å². The molecular formula is C31H48N2O. The first kappa shape index (κ1) is 28.1. The van der Waals surface area contributed by atoms with Gasteiger partial charge in [-0.15, -0.1) is 6.58 Å². The van der Waals surface area contributed by atoms with Crippen molar-refractivity contribution in [3.63, 3.8) is 0 Å². The van der Waals surface area contributed by atoms with Crippen LogP contribution in [-0.2, 0) is 6.42 Å². The molecule has 1 aromatic carbocycles. The molecule has 3 heteroatoms. The van der Waals surface area contributed by atoms with Gasteiger partial charge in [-0.05, 0) is 61.9 Å². The molecule has 0 spiro atoms. The van der Waals surface area contributed by atoms with Crippen molar-refractivity contribution in [1.82, 2.24) is 9.97 Å². The minimum absolute atomic E-state index is 0.791. The average molecular weight is 465 g/mol. The van der Waals surface area contributed by atoms with Crippen molar-refractivity contribution in [3.05, 3.63) is 54.9 Å². The SMILES string of the molecule is C=CCCCCCCCCCOc1ccc(-c2ncc(CCCCCCCCCC)cn2)cc1. The number of aromatic nitrogens is 2. The zero-order valence-electron chi connectivity index (χ0n) is 21.8. The van der Waals surface area contributed by atoms with Gasteiger partial charge in [-0.2, -0.15) is 0 Å². The Kier molecular flexibility index (Phi) is 15.8. The molecule has 0 saturated heterocycles. The molecule has 1 aromatic heterocycles. The molecular weight excluding hydrogens is 416 g/mol. The fourth-order valence-electron chi connectivity index (χ4n) is 4.26. The fourth-order valence-corrected chi connectivity index (χ4v) is 4.26. The topological polar surface area (TPSA) is 35.0 Å². The maximum Gasteiger partial charge on any atom is 0.159 e. The van der Waals surface area contributed by atoms with Crippen LogP contribution >= 0.6 is 0 Å². The first-order valence-electron chi connectivity index (χ1n) is 14.0. The molecule has 0 unspecified atom stereocenters. The van der Waals surface area contributed by atoms with Crippen molar-refractivity contribution in [3.8, 4) is 17.1 Å². The van der Waals surface area contributed by atoms with Crippen LogP contribution in [-0.4, -0.2) is 16.6 Å². The van der Waals surface area contributed by atoms with Gasteiger partial charge in [-0.1, -0.05) is 90.0 Å². The number of allylic oxidation sites excluding steroid dienone is 1. The molecule has 0 saturated carbocycles. The molecule has 34 heavy (non-hydrogen) atoms. The van der Waals surface area contributed by atoms with E-state index in [0.29, 0.717) is 0 Å². The molecule has 0 radical (unpaired) electrons. The highest BCUT2D eigenvalue weighted by atomic mass is 16.5. The van der Waals surface area contributed by atoms with Crippen molar-refractivity contribution in [2.45, 2.75) is 116 Å². The van der Waals surface area contributed by atoms with E-state index in [1.165, 1.54) is 95.5 Å². The van der Waals surface area contributed by atoms with Gasteiger partial charge in [0.05, 0.1) is 6.61 Å². The normalized spacial score (nSPS) is 11.0. The minimum Gasteiger partial charge on any atom is -0.494 e. The van der Waals surface area contributed by atoms with Crippen molar-refractivity contribution in [2.75, 3.05) is 6.61 Å². The minimum atomic E-state index is 0.791. The Morgan fingerprint density at radius 1 is 0.706 bits per heavy atom. The van der Waals surface area contributed by atoms with Gasteiger partial charge >= 0.3 is 0 Å². The maximum absolute atomic E-state index is 5.92. The largest absolute Gasteiger partial charge is 0.494 e. The van der Waals surface area contributed by atoms with Crippen LogP contribution < -0.4 is 4.74 Å². The van der Waals surface area contributed by atoms with Crippen LogP contribution in [0.5, 0.6) is 5.75 Å². The molecule has 3 nitrogen and oxygen atoms in total. The summed E-state index contributed by atoms with van der Waals surface area (Å²) in [6.07, 6.45) is 28.0. The lowest BCUT2D eigenvalue weighted by Crippen LogP contribution is -1.97. The molecule has 0 aliphatic carbocycles. The molecule has 2 rings (SSSR count). The summed E-state index contributed by atoms with van der Waals surface area (Å²) < 4.78 is 5.92. The Hall–Kier alpha value is -2.16. The van der Waals surface area contributed by atoms with E-state index in [4.69, 9.17) is 4.74 Å². The monoisotopic (exact) mass is 464 g/mol. The van der Waals surface area contributed by atoms with Gasteiger partial charge in [0.1, 0.15) is 5.75 Å². The summed E-state index contributed by atoms with van der Waals surface area (Å²) >= 11 is 0. The second-order valence-electron chi connectivity index (χ2n) is 9.56. The third-order valence-electron chi connectivity index (χ3n) is 6.46. The van der Waals surface area contributed by atoms with Gasteiger partial charge in [0.15, 0.2) is 5.82 Å². The number of rotatable bonds is 21. The smallest absolute Gasteiger partial charge is 0.159 e. The number of hydrogen-bond acceptors (Lipinski definition) is 3. The number of aryl methyl sites for hydroxylation is 1. The quantitative estimate of drug-likeness (QED) is 0.136. The van der Waals surface area contributed by atoms with E-state index >= 15 is 0 Å². The zero-order valence-corrected chi connectivity index (χ0v) is 21.8. The van der Waals surface area contributed by atoms with Crippen molar-refractivity contribution in [1.29, 1.82) is 0 Å². The highest BCUT2D eigenvalue weighted by molar-refractivity contribution is 5.55. The highest BCUT2D eigenvalue weighted by Crippen LogP contribution is 2.20. The van der Waals surface area contributed by atoms with Crippen LogP contribution in [0.4, 0.5) is 0 Å². The van der Waals surface area contributed by atoms with E-state index in [-0.39, 0.29) is 0 Å². The molecule has 0 aliphatic heterocycles. The standard InChI is InChI=1S/C31H48N2O/c1-3-5-7-9-11-13-15-17-19-25-34-30-23-21-29(22-24-30)31-32-26-28(27-33-31)20-18-16-14-12-10-8-6-4-2/h3,21-24,26-27H,1,4-20,25H2,2H3. The lowest BCUT2D eigenvalue weighted by atomic mass is 10.1. The van der Waals surface area contributed by atoms with Crippen molar-refractivity contribution in [2.24, 2.45) is 0 Å². The van der Waals surface area contributed by atoms with Gasteiger partial charge in [0.25, 0.3) is 0 Å². The number of ether oxygens (including phenoxy) is 1. The Morgan fingerprint density at radius 2 is 1.26 bits per heavy atom. The number of benzene rings is 1. The Morgan fingerprint density at radius 3 is 1.88 bits per heavy atom. The van der Waals surface area contributed by atoms with Crippen LogP contribution in [0.15, 0.2) is 49.3 Å². The van der Waals surface area contributed by atoms with E-state index in [1.807, 2.05) is 30.6 Å². The first-order valence-corrected chi connectivity index (χ1v) is 14.0. The second-order valence-corrected chi connectivity index (χ2v) is 9.56. The zero-order chi connectivity index (χ0) is 24.1.